The molecule has 0 heterocycles. The molecule has 12 atom stereocenters. The minimum absolute atomic E-state index is 0.00218. The van der Waals surface area contributed by atoms with E-state index in [0.717, 1.165) is 56.9 Å². The second-order valence-corrected chi connectivity index (χ2v) is 20.3. The molecule has 6 saturated carbocycles. The lowest BCUT2D eigenvalue weighted by molar-refractivity contribution is -0.249. The van der Waals surface area contributed by atoms with Crippen molar-refractivity contribution in [1.82, 2.24) is 5.32 Å². The van der Waals surface area contributed by atoms with Crippen molar-refractivity contribution < 1.29 is 42.9 Å². The molecule has 0 spiro atoms. The first kappa shape index (κ1) is 39.2. The Kier molecular flexibility index (Phi) is 9.42. The smallest absolute Gasteiger partial charge is 0.309 e. The topological polar surface area (TPSA) is 130 Å². The molecule has 6 rings (SSSR count). The van der Waals surface area contributed by atoms with E-state index in [4.69, 9.17) is 4.74 Å². The molecule has 4 unspecified atom stereocenters. The molecule has 1 amide bonds. The highest BCUT2D eigenvalue weighted by Crippen LogP contribution is 2.77. The summed E-state index contributed by atoms with van der Waals surface area (Å²) in [6, 6.07) is -1.47. The Labute approximate surface area is 308 Å². The van der Waals surface area contributed by atoms with Gasteiger partial charge in [-0.05, 0) is 137 Å². The molecule has 0 saturated heterocycles. The van der Waals surface area contributed by atoms with E-state index in [1.807, 2.05) is 6.92 Å². The molecule has 52 heavy (non-hydrogen) atoms. The normalized spacial score (nSPS) is 44.7. The summed E-state index contributed by atoms with van der Waals surface area (Å²) in [7, 11) is 0. The van der Waals surface area contributed by atoms with Gasteiger partial charge in [-0.3, -0.25) is 19.2 Å². The summed E-state index contributed by atoms with van der Waals surface area (Å²) < 4.78 is 36.4. The van der Waals surface area contributed by atoms with E-state index < -0.39 is 53.0 Å². The van der Waals surface area contributed by atoms with Crippen LogP contribution in [0, 0.1) is 68.0 Å². The largest absolute Gasteiger partial charge is 0.481 e. The van der Waals surface area contributed by atoms with E-state index >= 15 is 8.78 Å². The number of aliphatic carboxylic acids is 2. The van der Waals surface area contributed by atoms with E-state index in [-0.39, 0.29) is 64.3 Å². The summed E-state index contributed by atoms with van der Waals surface area (Å²) in [6.07, 6.45) is 7.02. The van der Waals surface area contributed by atoms with Crippen molar-refractivity contribution in [3.63, 3.8) is 0 Å². The zero-order chi connectivity index (χ0) is 38.6. The standard InChI is InChI=1S/C42H63F2NO7/c1-23(2)25-12-17-41(34(49)45-29-20-24(33(47)48)21-42(29,43)44)19-18-39(8)26(32(25)41)10-11-28-38(7)15-14-30(52-31(46)22-36(3,4)35(50)51)37(5,6)27(38)13-16-40(28,39)9/h24-30,32H,1,10-22H2,2-9H3,(H,45,49)(H,47,48)(H,50,51)/t24?,25-,26?,27-,28+,29?,30-,32?,38-,39+,40+,41-/m0/s1. The lowest BCUT2D eigenvalue weighted by Crippen LogP contribution is -2.67. The van der Waals surface area contributed by atoms with E-state index in [0.29, 0.717) is 24.7 Å². The number of alkyl halides is 2. The maximum Gasteiger partial charge on any atom is 0.309 e. The summed E-state index contributed by atoms with van der Waals surface area (Å²) in [5, 5.41) is 21.8. The molecule has 8 nitrogen and oxygen atoms in total. The summed E-state index contributed by atoms with van der Waals surface area (Å²) in [4.78, 5) is 50.9. The van der Waals surface area contributed by atoms with Gasteiger partial charge in [0.1, 0.15) is 6.10 Å². The molecule has 6 aliphatic carbocycles. The number of hydrogen-bond acceptors (Lipinski definition) is 5. The second-order valence-electron chi connectivity index (χ2n) is 20.3. The first-order valence-electron chi connectivity index (χ1n) is 19.9. The number of amides is 1. The maximum absolute atomic E-state index is 15.1. The minimum Gasteiger partial charge on any atom is -0.481 e. The minimum atomic E-state index is -3.26. The van der Waals surface area contributed by atoms with Crippen LogP contribution >= 0.6 is 0 Å². The van der Waals surface area contributed by atoms with E-state index in [2.05, 4.69) is 46.5 Å². The quantitative estimate of drug-likeness (QED) is 0.168. The molecule has 0 aromatic heterocycles. The zero-order valence-electron chi connectivity index (χ0n) is 32.7. The molecule has 292 valence electrons. The maximum atomic E-state index is 15.1. The Morgan fingerprint density at radius 2 is 1.54 bits per heavy atom. The second kappa shape index (κ2) is 12.5. The number of rotatable bonds is 8. The van der Waals surface area contributed by atoms with Gasteiger partial charge in [-0.15, -0.1) is 0 Å². The highest BCUT2D eigenvalue weighted by Gasteiger charge is 2.72. The summed E-state index contributed by atoms with van der Waals surface area (Å²) in [6.45, 7) is 21.4. The van der Waals surface area contributed by atoms with Gasteiger partial charge >= 0.3 is 17.9 Å². The predicted molar refractivity (Wildman–Crippen MR) is 192 cm³/mol. The Morgan fingerprint density at radius 3 is 2.13 bits per heavy atom. The molecule has 0 bridgehead atoms. The van der Waals surface area contributed by atoms with Gasteiger partial charge < -0.3 is 20.3 Å². The van der Waals surface area contributed by atoms with Crippen LogP contribution in [0.1, 0.15) is 139 Å². The first-order chi connectivity index (χ1) is 23.9. The highest BCUT2D eigenvalue weighted by molar-refractivity contribution is 5.84. The molecule has 3 N–H and O–H groups in total. The van der Waals surface area contributed by atoms with Gasteiger partial charge in [-0.1, -0.05) is 46.8 Å². The van der Waals surface area contributed by atoms with Crippen molar-refractivity contribution in [1.29, 1.82) is 0 Å². The zero-order valence-corrected chi connectivity index (χ0v) is 32.7. The third kappa shape index (κ3) is 5.67. The number of halogens is 2. The van der Waals surface area contributed by atoms with Crippen LogP contribution in [0.4, 0.5) is 8.78 Å². The highest BCUT2D eigenvalue weighted by atomic mass is 19.3. The van der Waals surface area contributed by atoms with Gasteiger partial charge in [0.25, 0.3) is 5.92 Å². The Morgan fingerprint density at radius 1 is 0.865 bits per heavy atom. The van der Waals surface area contributed by atoms with Crippen LogP contribution in [0.3, 0.4) is 0 Å². The number of esters is 1. The molecule has 10 heteroatoms. The van der Waals surface area contributed by atoms with Crippen LogP contribution in [0.25, 0.3) is 0 Å². The van der Waals surface area contributed by atoms with Crippen molar-refractivity contribution in [2.45, 2.75) is 157 Å². The van der Waals surface area contributed by atoms with Gasteiger partial charge in [0.15, 0.2) is 0 Å². The molecule has 0 aromatic rings. The van der Waals surface area contributed by atoms with Gasteiger partial charge in [0.2, 0.25) is 5.91 Å². The lowest BCUT2D eigenvalue weighted by Gasteiger charge is -2.72. The van der Waals surface area contributed by atoms with E-state index in [1.165, 1.54) is 0 Å². The SMILES string of the molecule is C=C(C)[C@@H]1CC[C@]2(C(=O)NC3CC(C(=O)O)CC3(F)F)CC[C@]3(C)C(CC[C@@H]4[C@@]5(C)CC[C@H](OC(=O)CC(C)(C)C(=O)O)C(C)(C)[C@@H]5CC[C@]43C)C12. The van der Waals surface area contributed by atoms with Crippen molar-refractivity contribution in [3.8, 4) is 0 Å². The lowest BCUT2D eigenvalue weighted by atomic mass is 9.32. The van der Waals surface area contributed by atoms with Crippen LogP contribution in [0.2, 0.25) is 0 Å². The number of allylic oxidation sites excluding steroid dienone is 1. The number of carboxylic acid groups (broad SMARTS) is 2. The molecule has 0 aliphatic heterocycles. The third-order valence-corrected chi connectivity index (χ3v) is 17.1. The van der Waals surface area contributed by atoms with Crippen molar-refractivity contribution in [2.24, 2.45) is 68.0 Å². The van der Waals surface area contributed by atoms with Gasteiger partial charge in [0, 0.05) is 11.8 Å². The fourth-order valence-electron chi connectivity index (χ4n) is 14.0. The van der Waals surface area contributed by atoms with E-state index in [1.54, 1.807) is 13.8 Å². The van der Waals surface area contributed by atoms with Crippen molar-refractivity contribution in [2.75, 3.05) is 0 Å². The number of carbonyl (C=O) groups is 4. The fourth-order valence-corrected chi connectivity index (χ4v) is 14.0. The first-order valence-corrected chi connectivity index (χ1v) is 19.9. The average Bonchev–Trinajstić information content (AvgIpc) is 3.57. The Bertz CT molecular complexity index is 1520. The predicted octanol–water partition coefficient (Wildman–Crippen LogP) is 8.67. The van der Waals surface area contributed by atoms with Gasteiger partial charge in [0.05, 0.1) is 29.2 Å². The van der Waals surface area contributed by atoms with Crippen LogP contribution in [0.15, 0.2) is 12.2 Å². The number of carboxylic acids is 2. The molecular weight excluding hydrogens is 668 g/mol. The van der Waals surface area contributed by atoms with Gasteiger partial charge in [-0.25, -0.2) is 8.78 Å². The van der Waals surface area contributed by atoms with Crippen molar-refractivity contribution >= 4 is 23.8 Å². The molecule has 6 aliphatic rings. The Balaban J connectivity index is 1.26. The summed E-state index contributed by atoms with van der Waals surface area (Å²) in [5.74, 6) is -6.42. The molecule has 6 fully saturated rings. The monoisotopic (exact) mass is 731 g/mol. The summed E-state index contributed by atoms with van der Waals surface area (Å²) >= 11 is 0. The van der Waals surface area contributed by atoms with Crippen molar-refractivity contribution in [3.05, 3.63) is 12.2 Å². The van der Waals surface area contributed by atoms with Crippen LogP contribution < -0.4 is 5.32 Å². The van der Waals surface area contributed by atoms with E-state index in [9.17, 15) is 29.4 Å². The number of hydrogen-bond donors (Lipinski definition) is 3. The number of ether oxygens (including phenoxy) is 1. The third-order valence-electron chi connectivity index (χ3n) is 17.1. The fraction of sp³-hybridized carbons (Fsp3) is 0.857. The number of carbonyl (C=O) groups excluding carboxylic acids is 2. The number of nitrogens with one attached hydrogen (secondary N) is 1. The molecular formula is C42H63F2NO7. The average molecular weight is 732 g/mol. The van der Waals surface area contributed by atoms with Crippen LogP contribution in [0.5, 0.6) is 0 Å². The van der Waals surface area contributed by atoms with Gasteiger partial charge in [-0.2, -0.15) is 0 Å². The summed E-state index contributed by atoms with van der Waals surface area (Å²) in [5.41, 5.74) is -1.34. The number of fused-ring (bicyclic) bond motifs is 7. The molecule has 0 radical (unpaired) electrons. The molecule has 0 aromatic carbocycles. The Hall–Kier alpha value is -2.52. The van der Waals surface area contributed by atoms with Crippen LogP contribution in [-0.2, 0) is 23.9 Å². The van der Waals surface area contributed by atoms with Crippen LogP contribution in [-0.4, -0.2) is 52.1 Å².